The molecule has 0 radical (unpaired) electrons. The average Bonchev–Trinajstić information content (AvgIpc) is 3.13. The number of hydrogen-bond donors (Lipinski definition) is 2. The Morgan fingerprint density at radius 3 is 3.10 bits per heavy atom. The molecule has 0 aliphatic carbocycles. The maximum absolute atomic E-state index is 5.31. The van der Waals surface area contributed by atoms with E-state index >= 15 is 0 Å². The summed E-state index contributed by atoms with van der Waals surface area (Å²) in [4.78, 5) is 8.88. The molecule has 0 atom stereocenters. The van der Waals surface area contributed by atoms with Gasteiger partial charge in [-0.2, -0.15) is 0 Å². The first kappa shape index (κ1) is 12.5. The second-order valence-corrected chi connectivity index (χ2v) is 4.49. The van der Waals surface area contributed by atoms with Crippen molar-refractivity contribution in [3.05, 3.63) is 42.7 Å². The van der Waals surface area contributed by atoms with Crippen molar-refractivity contribution in [2.24, 2.45) is 0 Å². The highest BCUT2D eigenvalue weighted by Gasteiger charge is 2.07. The van der Waals surface area contributed by atoms with Gasteiger partial charge in [-0.05, 0) is 18.6 Å². The van der Waals surface area contributed by atoms with Crippen LogP contribution in [0.3, 0.4) is 0 Å². The van der Waals surface area contributed by atoms with Crippen LogP contribution >= 0.6 is 0 Å². The number of nitrogens with one attached hydrogen (secondary N) is 2. The standard InChI is InChI=1S/C14H17N5O/c1-2-5-15-12-10-19-7-6-16-14(19)13(18-12)17-9-11-4-3-8-20-11/h3-4,6-8,10,15H,2,5,9H2,1H3,(H,17,18). The molecule has 6 heteroatoms. The van der Waals surface area contributed by atoms with Crippen LogP contribution in [0.25, 0.3) is 5.65 Å². The maximum atomic E-state index is 5.31. The summed E-state index contributed by atoms with van der Waals surface area (Å²) in [6.45, 7) is 3.60. The number of hydrogen-bond acceptors (Lipinski definition) is 5. The number of anilines is 2. The van der Waals surface area contributed by atoms with Crippen molar-refractivity contribution in [3.63, 3.8) is 0 Å². The van der Waals surface area contributed by atoms with E-state index < -0.39 is 0 Å². The third-order valence-corrected chi connectivity index (χ3v) is 2.94. The molecule has 0 saturated carbocycles. The lowest BCUT2D eigenvalue weighted by atomic mass is 10.4. The van der Waals surface area contributed by atoms with Crippen molar-refractivity contribution in [1.29, 1.82) is 0 Å². The van der Waals surface area contributed by atoms with Gasteiger partial charge in [-0.25, -0.2) is 9.97 Å². The summed E-state index contributed by atoms with van der Waals surface area (Å²) >= 11 is 0. The van der Waals surface area contributed by atoms with Gasteiger partial charge in [0.05, 0.1) is 19.0 Å². The molecular weight excluding hydrogens is 254 g/mol. The van der Waals surface area contributed by atoms with Crippen LogP contribution in [0, 0.1) is 0 Å². The second kappa shape index (κ2) is 5.64. The predicted molar refractivity (Wildman–Crippen MR) is 77.8 cm³/mol. The highest BCUT2D eigenvalue weighted by Crippen LogP contribution is 2.17. The monoisotopic (exact) mass is 271 g/mol. The number of aromatic nitrogens is 3. The van der Waals surface area contributed by atoms with Crippen LogP contribution < -0.4 is 10.6 Å². The fourth-order valence-electron chi connectivity index (χ4n) is 1.97. The summed E-state index contributed by atoms with van der Waals surface area (Å²) < 4.78 is 7.26. The molecule has 3 aromatic rings. The minimum Gasteiger partial charge on any atom is -0.467 e. The summed E-state index contributed by atoms with van der Waals surface area (Å²) in [5, 5.41) is 6.55. The van der Waals surface area contributed by atoms with E-state index in [0.717, 1.165) is 36.0 Å². The van der Waals surface area contributed by atoms with Gasteiger partial charge >= 0.3 is 0 Å². The molecule has 0 spiro atoms. The van der Waals surface area contributed by atoms with Gasteiger partial charge in [-0.1, -0.05) is 6.92 Å². The Morgan fingerprint density at radius 1 is 1.35 bits per heavy atom. The van der Waals surface area contributed by atoms with Gasteiger partial charge in [-0.15, -0.1) is 0 Å². The number of imidazole rings is 1. The Bertz CT molecular complexity index is 674. The van der Waals surface area contributed by atoms with E-state index in [4.69, 9.17) is 4.42 Å². The van der Waals surface area contributed by atoms with Crippen LogP contribution in [0.2, 0.25) is 0 Å². The van der Waals surface area contributed by atoms with Crippen LogP contribution in [0.4, 0.5) is 11.6 Å². The van der Waals surface area contributed by atoms with Crippen LogP contribution in [0.5, 0.6) is 0 Å². The van der Waals surface area contributed by atoms with Crippen molar-refractivity contribution >= 4 is 17.3 Å². The quantitative estimate of drug-likeness (QED) is 0.721. The van der Waals surface area contributed by atoms with E-state index in [1.165, 1.54) is 0 Å². The first-order valence-electron chi connectivity index (χ1n) is 6.70. The summed E-state index contributed by atoms with van der Waals surface area (Å²) in [7, 11) is 0. The molecule has 6 nitrogen and oxygen atoms in total. The largest absolute Gasteiger partial charge is 0.467 e. The first-order valence-corrected chi connectivity index (χ1v) is 6.70. The normalized spacial score (nSPS) is 10.8. The lowest BCUT2D eigenvalue weighted by Gasteiger charge is -2.09. The van der Waals surface area contributed by atoms with Gasteiger partial charge in [0, 0.05) is 18.9 Å². The molecule has 0 aliphatic rings. The third-order valence-electron chi connectivity index (χ3n) is 2.94. The lowest BCUT2D eigenvalue weighted by molar-refractivity contribution is 0.518. The van der Waals surface area contributed by atoms with Crippen molar-refractivity contribution in [2.75, 3.05) is 17.2 Å². The molecule has 104 valence electrons. The molecule has 0 bridgehead atoms. The summed E-state index contributed by atoms with van der Waals surface area (Å²) in [5.74, 6) is 2.44. The molecule has 0 unspecified atom stereocenters. The number of furan rings is 1. The van der Waals surface area contributed by atoms with Crippen molar-refractivity contribution in [2.45, 2.75) is 19.9 Å². The first-order chi connectivity index (χ1) is 9.86. The lowest BCUT2D eigenvalue weighted by Crippen LogP contribution is -2.08. The van der Waals surface area contributed by atoms with E-state index in [-0.39, 0.29) is 0 Å². The Balaban J connectivity index is 1.85. The van der Waals surface area contributed by atoms with E-state index in [0.29, 0.717) is 6.54 Å². The Morgan fingerprint density at radius 2 is 2.30 bits per heavy atom. The van der Waals surface area contributed by atoms with Crippen molar-refractivity contribution < 1.29 is 4.42 Å². The molecule has 0 saturated heterocycles. The zero-order chi connectivity index (χ0) is 13.8. The van der Waals surface area contributed by atoms with Gasteiger partial charge in [-0.3, -0.25) is 0 Å². The molecule has 0 aromatic carbocycles. The minimum absolute atomic E-state index is 0.583. The highest BCUT2D eigenvalue weighted by molar-refractivity contribution is 5.65. The van der Waals surface area contributed by atoms with E-state index in [9.17, 15) is 0 Å². The number of rotatable bonds is 6. The van der Waals surface area contributed by atoms with Crippen molar-refractivity contribution in [1.82, 2.24) is 14.4 Å². The molecule has 2 N–H and O–H groups in total. The Kier molecular flexibility index (Phi) is 3.54. The molecule has 3 rings (SSSR count). The van der Waals surface area contributed by atoms with Gasteiger partial charge in [0.1, 0.15) is 11.6 Å². The predicted octanol–water partition coefficient (Wildman–Crippen LogP) is 2.76. The zero-order valence-corrected chi connectivity index (χ0v) is 11.3. The van der Waals surface area contributed by atoms with Crippen LogP contribution in [-0.2, 0) is 6.54 Å². The van der Waals surface area contributed by atoms with E-state index in [2.05, 4.69) is 27.5 Å². The number of nitrogens with zero attached hydrogens (tertiary/aromatic N) is 3. The molecule has 0 aliphatic heterocycles. The SMILES string of the molecule is CCCNc1cn2ccnc2c(NCc2ccco2)n1. The van der Waals surface area contributed by atoms with Crippen LogP contribution in [0.1, 0.15) is 19.1 Å². The molecule has 3 heterocycles. The minimum atomic E-state index is 0.583. The van der Waals surface area contributed by atoms with Gasteiger partial charge in [0.2, 0.25) is 0 Å². The third kappa shape index (κ3) is 2.59. The summed E-state index contributed by atoms with van der Waals surface area (Å²) in [6, 6.07) is 3.80. The molecule has 20 heavy (non-hydrogen) atoms. The Hall–Kier alpha value is -2.50. The fraction of sp³-hybridized carbons (Fsp3) is 0.286. The average molecular weight is 271 g/mol. The summed E-state index contributed by atoms with van der Waals surface area (Å²) in [5.41, 5.74) is 0.804. The van der Waals surface area contributed by atoms with Gasteiger partial charge in [0.25, 0.3) is 0 Å². The smallest absolute Gasteiger partial charge is 0.180 e. The Labute approximate surface area is 116 Å². The molecular formula is C14H17N5O. The van der Waals surface area contributed by atoms with E-state index in [1.54, 1.807) is 12.5 Å². The number of fused-ring (bicyclic) bond motifs is 1. The van der Waals surface area contributed by atoms with Crippen LogP contribution in [0.15, 0.2) is 41.4 Å². The molecule has 3 aromatic heterocycles. The van der Waals surface area contributed by atoms with Gasteiger partial charge < -0.3 is 19.5 Å². The fourth-order valence-corrected chi connectivity index (χ4v) is 1.97. The van der Waals surface area contributed by atoms with Crippen LogP contribution in [-0.4, -0.2) is 20.9 Å². The zero-order valence-electron chi connectivity index (χ0n) is 11.3. The highest BCUT2D eigenvalue weighted by atomic mass is 16.3. The van der Waals surface area contributed by atoms with E-state index in [1.807, 2.05) is 28.9 Å². The molecule has 0 fully saturated rings. The van der Waals surface area contributed by atoms with Gasteiger partial charge in [0.15, 0.2) is 11.5 Å². The van der Waals surface area contributed by atoms with Crippen molar-refractivity contribution in [3.8, 4) is 0 Å². The second-order valence-electron chi connectivity index (χ2n) is 4.49. The maximum Gasteiger partial charge on any atom is 0.180 e. The molecule has 0 amide bonds. The topological polar surface area (TPSA) is 67.4 Å². The summed E-state index contributed by atoms with van der Waals surface area (Å²) in [6.07, 6.45) is 8.33.